The molecule has 0 fully saturated rings. The van der Waals surface area contributed by atoms with Gasteiger partial charge in [0.15, 0.2) is 0 Å². The number of furan rings is 1. The normalized spacial score (nSPS) is 14.4. The van der Waals surface area contributed by atoms with Crippen LogP contribution in [0.15, 0.2) is 168 Å². The van der Waals surface area contributed by atoms with E-state index < -0.39 is 0 Å². The van der Waals surface area contributed by atoms with Crippen LogP contribution >= 0.6 is 0 Å². The summed E-state index contributed by atoms with van der Waals surface area (Å²) in [6, 6.07) is 51.7. The van der Waals surface area contributed by atoms with Gasteiger partial charge in [-0.15, -0.1) is 0 Å². The molecule has 10 rings (SSSR count). The van der Waals surface area contributed by atoms with E-state index in [1.54, 1.807) is 0 Å². The van der Waals surface area contributed by atoms with Crippen molar-refractivity contribution in [2.45, 2.75) is 19.3 Å². The number of nitrogens with zero attached hydrogens (tertiary/aromatic N) is 3. The third-order valence-corrected chi connectivity index (χ3v) is 11.3. The molecule has 1 radical (unpaired) electrons. The van der Waals surface area contributed by atoms with E-state index in [2.05, 4.69) is 186 Å². The highest BCUT2D eigenvalue weighted by molar-refractivity contribution is 6.55. The molecule has 2 aliphatic rings. The fourth-order valence-corrected chi connectivity index (χ4v) is 8.78. The number of hydrogen-bond acceptors (Lipinski definition) is 3. The molecule has 8 aromatic rings. The largest absolute Gasteiger partial charge is 0.455 e. The Labute approximate surface area is 305 Å². The van der Waals surface area contributed by atoms with E-state index >= 15 is 0 Å². The highest BCUT2D eigenvalue weighted by atomic mass is 28.2. The summed E-state index contributed by atoms with van der Waals surface area (Å²) >= 11 is 0. The molecule has 0 bridgehead atoms. The Hall–Kier alpha value is -6.30. The lowest BCUT2D eigenvalue weighted by atomic mass is 9.73. The average molecular weight is 685 g/mol. The smallest absolute Gasteiger partial charge is 0.143 e. The lowest BCUT2D eigenvalue weighted by Gasteiger charge is -2.42. The maximum atomic E-state index is 6.90. The van der Waals surface area contributed by atoms with Gasteiger partial charge < -0.3 is 9.32 Å². The van der Waals surface area contributed by atoms with E-state index in [0.29, 0.717) is 9.13 Å². The Morgan fingerprint density at radius 1 is 0.654 bits per heavy atom. The zero-order chi connectivity index (χ0) is 34.8. The molecule has 6 aromatic carbocycles. The first-order valence-corrected chi connectivity index (χ1v) is 18.9. The van der Waals surface area contributed by atoms with Crippen molar-refractivity contribution in [3.63, 3.8) is 0 Å². The molecule has 4 heterocycles. The van der Waals surface area contributed by atoms with Crippen LogP contribution in [0.5, 0.6) is 0 Å². The molecule has 0 saturated carbocycles. The first-order valence-electron chi connectivity index (χ1n) is 17.7. The van der Waals surface area contributed by atoms with Crippen LogP contribution in [0.3, 0.4) is 0 Å². The van der Waals surface area contributed by atoms with Crippen LogP contribution in [0.4, 0.5) is 17.1 Å². The molecule has 5 heteroatoms. The molecule has 52 heavy (non-hydrogen) atoms. The van der Waals surface area contributed by atoms with Crippen molar-refractivity contribution in [3.05, 3.63) is 180 Å². The molecule has 0 spiro atoms. The highest BCUT2D eigenvalue weighted by Crippen LogP contribution is 2.54. The van der Waals surface area contributed by atoms with Gasteiger partial charge >= 0.3 is 0 Å². The van der Waals surface area contributed by atoms with Crippen molar-refractivity contribution < 1.29 is 4.42 Å². The van der Waals surface area contributed by atoms with E-state index in [9.17, 15) is 0 Å². The molecule has 0 aliphatic carbocycles. The number of para-hydroxylation sites is 4. The predicted octanol–water partition coefficient (Wildman–Crippen LogP) is 11.6. The topological polar surface area (TPSA) is 34.2 Å². The minimum Gasteiger partial charge on any atom is -0.455 e. The van der Waals surface area contributed by atoms with Crippen molar-refractivity contribution in [3.8, 4) is 28.1 Å². The van der Waals surface area contributed by atoms with E-state index in [-0.39, 0.29) is 5.41 Å². The van der Waals surface area contributed by atoms with Crippen molar-refractivity contribution in [1.29, 1.82) is 0 Å². The van der Waals surface area contributed by atoms with Gasteiger partial charge in [-0.05, 0) is 53.6 Å². The summed E-state index contributed by atoms with van der Waals surface area (Å²) in [6.07, 6.45) is 4.48. The lowest BCUT2D eigenvalue weighted by Crippen LogP contribution is -2.30. The molecule has 2 aliphatic heterocycles. The molecule has 4 nitrogen and oxygen atoms in total. The lowest BCUT2D eigenvalue weighted by molar-refractivity contribution is 0.632. The van der Waals surface area contributed by atoms with E-state index in [1.165, 1.54) is 22.5 Å². The Kier molecular flexibility index (Phi) is 6.98. The summed E-state index contributed by atoms with van der Waals surface area (Å²) in [6.45, 7) is 4.67. The number of rotatable bonds is 5. The maximum Gasteiger partial charge on any atom is 0.143 e. The van der Waals surface area contributed by atoms with Crippen molar-refractivity contribution in [2.75, 3.05) is 4.90 Å². The second-order valence-corrected chi connectivity index (χ2v) is 14.9. The zero-order valence-corrected chi connectivity index (χ0v) is 29.9. The van der Waals surface area contributed by atoms with Gasteiger partial charge in [-0.3, -0.25) is 0 Å². The predicted molar refractivity (Wildman–Crippen MR) is 217 cm³/mol. The van der Waals surface area contributed by atoms with Crippen molar-refractivity contribution in [1.82, 2.24) is 9.78 Å². The summed E-state index contributed by atoms with van der Waals surface area (Å²) < 4.78 is 9.02. The molecule has 0 amide bonds. The molecule has 2 aromatic heterocycles. The second kappa shape index (κ2) is 11.9. The quantitative estimate of drug-likeness (QED) is 0.169. The Morgan fingerprint density at radius 2 is 1.31 bits per heavy atom. The fourth-order valence-electron chi connectivity index (χ4n) is 8.11. The van der Waals surface area contributed by atoms with Crippen LogP contribution in [0.25, 0.3) is 55.6 Å². The number of aromatic nitrogens is 2. The Balaban J connectivity index is 1.36. The van der Waals surface area contributed by atoms with Gasteiger partial charge in [0.05, 0.1) is 31.9 Å². The van der Waals surface area contributed by atoms with Crippen LogP contribution in [-0.2, 0) is 5.41 Å². The molecular weight excluding hydrogens is 651 g/mol. The number of benzene rings is 6. The Bertz CT molecular complexity index is 2720. The minimum absolute atomic E-state index is 0.166. The van der Waals surface area contributed by atoms with E-state index in [4.69, 9.17) is 9.52 Å². The van der Waals surface area contributed by atoms with Crippen LogP contribution in [-0.4, -0.2) is 24.6 Å². The standard InChI is InChI=1S/C47H34N3OSi/c1-47(2)38-20-10-12-22-40(38)49(41-23-13-11-21-39(41)47)34-29-36-35-19-9-14-24-42(35)51-46(36)37(30-34)43-44(31-15-5-3-6-16-31)48-50(33-17-7-4-8-18-33)45(43)32-25-27-52-28-26-32/h3-30H,1-2H3. The molecule has 247 valence electrons. The summed E-state index contributed by atoms with van der Waals surface area (Å²) in [5.41, 5.74) is 19.2. The van der Waals surface area contributed by atoms with Gasteiger partial charge in [0, 0.05) is 44.1 Å². The monoisotopic (exact) mass is 684 g/mol. The van der Waals surface area contributed by atoms with E-state index in [0.717, 1.165) is 67.0 Å². The second-order valence-electron chi connectivity index (χ2n) is 13.9. The van der Waals surface area contributed by atoms with Gasteiger partial charge in [-0.1, -0.05) is 140 Å². The molecule has 0 N–H and O–H groups in total. The van der Waals surface area contributed by atoms with Crippen LogP contribution in [0.2, 0.25) is 0 Å². The summed E-state index contributed by atoms with van der Waals surface area (Å²) in [4.78, 5) is 2.44. The third-order valence-electron chi connectivity index (χ3n) is 10.6. The SMILES string of the molecule is CC1(C)c2ccccc2N(c2cc(-c3c(-c4ccccc4)nn(-c4ccccc4)c3C3=CC=[Si]C=C3)c3oc4ccccc4c3c2)c2ccccc21. The zero-order valence-electron chi connectivity index (χ0n) is 28.9. The van der Waals surface area contributed by atoms with Gasteiger partial charge in [-0.25, -0.2) is 4.68 Å². The van der Waals surface area contributed by atoms with Gasteiger partial charge in [-0.2, -0.15) is 5.10 Å². The first kappa shape index (κ1) is 30.5. The van der Waals surface area contributed by atoms with Crippen molar-refractivity contribution >= 4 is 59.4 Å². The van der Waals surface area contributed by atoms with Crippen LogP contribution in [0.1, 0.15) is 30.7 Å². The molecule has 0 atom stereocenters. The fraction of sp³-hybridized carbons (Fsp3) is 0.0638. The third kappa shape index (κ3) is 4.66. The van der Waals surface area contributed by atoms with E-state index in [1.807, 2.05) is 6.07 Å². The Morgan fingerprint density at radius 3 is 2.02 bits per heavy atom. The van der Waals surface area contributed by atoms with Crippen LogP contribution in [0, 0.1) is 0 Å². The average Bonchev–Trinajstić information content (AvgIpc) is 3.79. The first-order chi connectivity index (χ1) is 25.6. The number of allylic oxidation sites excluding steroid dienone is 3. The number of hydrogen-bond donors (Lipinski definition) is 0. The molecular formula is C47H34N3OSi. The van der Waals surface area contributed by atoms with Gasteiger partial charge in [0.25, 0.3) is 0 Å². The van der Waals surface area contributed by atoms with Gasteiger partial charge in [0.2, 0.25) is 0 Å². The molecule has 0 unspecified atom stereocenters. The minimum atomic E-state index is -0.166. The maximum absolute atomic E-state index is 6.90. The summed E-state index contributed by atoms with van der Waals surface area (Å²) in [5.74, 6) is 0. The number of anilines is 3. The van der Waals surface area contributed by atoms with Crippen LogP contribution < -0.4 is 4.90 Å². The van der Waals surface area contributed by atoms with Crippen molar-refractivity contribution in [2.24, 2.45) is 0 Å². The number of fused-ring (bicyclic) bond motifs is 5. The highest BCUT2D eigenvalue weighted by Gasteiger charge is 2.37. The van der Waals surface area contributed by atoms with Gasteiger partial charge in [0.1, 0.15) is 16.9 Å². The summed E-state index contributed by atoms with van der Waals surface area (Å²) in [7, 11) is 0.641. The summed E-state index contributed by atoms with van der Waals surface area (Å²) in [5, 5.41) is 7.63. The molecule has 0 saturated heterocycles.